The fraction of sp³-hybridized carbons (Fsp3) is 0.462. The Morgan fingerprint density at radius 1 is 1.42 bits per heavy atom. The molecular formula is C13H19N3O2S. The standard InChI is InChI=1S/C13H19N3O2S/c14-11-2-1-10(9-12(11)17)13(18)15-3-4-16-5-7-19-8-6-16/h1-2,9,17H,3-8,14H2,(H,15,18). The van der Waals surface area contributed by atoms with E-state index in [0.717, 1.165) is 19.6 Å². The van der Waals surface area contributed by atoms with Crippen LogP contribution in [0.2, 0.25) is 0 Å². The molecule has 19 heavy (non-hydrogen) atoms. The quantitative estimate of drug-likeness (QED) is 0.561. The number of thioether (sulfide) groups is 1. The molecule has 1 saturated heterocycles. The molecule has 1 fully saturated rings. The van der Waals surface area contributed by atoms with Crippen molar-refractivity contribution in [2.75, 3.05) is 43.4 Å². The SMILES string of the molecule is Nc1ccc(C(=O)NCCN2CCSCC2)cc1O. The van der Waals surface area contributed by atoms with Gasteiger partial charge in [0.1, 0.15) is 5.75 Å². The molecule has 0 aromatic heterocycles. The minimum absolute atomic E-state index is 0.0549. The molecule has 1 amide bonds. The molecule has 2 rings (SSSR count). The Morgan fingerprint density at radius 3 is 2.84 bits per heavy atom. The topological polar surface area (TPSA) is 78.6 Å². The molecule has 1 heterocycles. The highest BCUT2D eigenvalue weighted by Crippen LogP contribution is 2.20. The first-order chi connectivity index (χ1) is 9.16. The number of rotatable bonds is 4. The summed E-state index contributed by atoms with van der Waals surface area (Å²) >= 11 is 1.97. The molecule has 104 valence electrons. The van der Waals surface area contributed by atoms with Gasteiger partial charge in [-0.3, -0.25) is 9.69 Å². The molecule has 1 aromatic rings. The van der Waals surface area contributed by atoms with Crippen molar-refractivity contribution in [2.45, 2.75) is 0 Å². The van der Waals surface area contributed by atoms with Crippen LogP contribution in [-0.4, -0.2) is 53.6 Å². The summed E-state index contributed by atoms with van der Waals surface area (Å²) in [4.78, 5) is 14.2. The maximum Gasteiger partial charge on any atom is 0.251 e. The van der Waals surface area contributed by atoms with Gasteiger partial charge >= 0.3 is 0 Å². The second-order valence-corrected chi connectivity index (χ2v) is 5.71. The summed E-state index contributed by atoms with van der Waals surface area (Å²) in [6.07, 6.45) is 0. The molecule has 0 bridgehead atoms. The number of phenols is 1. The maximum absolute atomic E-state index is 11.9. The Kier molecular flexibility index (Phi) is 4.93. The van der Waals surface area contributed by atoms with E-state index in [0.29, 0.717) is 12.1 Å². The molecule has 0 radical (unpaired) electrons. The summed E-state index contributed by atoms with van der Waals surface area (Å²) in [7, 11) is 0. The molecule has 6 heteroatoms. The Hall–Kier alpha value is -1.40. The summed E-state index contributed by atoms with van der Waals surface area (Å²) in [5.74, 6) is 2.10. The first-order valence-electron chi connectivity index (χ1n) is 6.33. The third kappa shape index (κ3) is 4.04. The third-order valence-electron chi connectivity index (χ3n) is 3.11. The van der Waals surface area contributed by atoms with Crippen LogP contribution in [0.1, 0.15) is 10.4 Å². The molecule has 1 aliphatic heterocycles. The number of nitrogens with two attached hydrogens (primary N) is 1. The van der Waals surface area contributed by atoms with Gasteiger partial charge in [-0.25, -0.2) is 0 Å². The first-order valence-corrected chi connectivity index (χ1v) is 7.49. The fourth-order valence-corrected chi connectivity index (χ4v) is 2.92. The highest BCUT2D eigenvalue weighted by Gasteiger charge is 2.11. The van der Waals surface area contributed by atoms with Crippen molar-refractivity contribution >= 4 is 23.4 Å². The average molecular weight is 281 g/mol. The van der Waals surface area contributed by atoms with Gasteiger partial charge in [-0.2, -0.15) is 11.8 Å². The van der Waals surface area contributed by atoms with E-state index in [9.17, 15) is 9.90 Å². The Morgan fingerprint density at radius 2 is 2.16 bits per heavy atom. The van der Waals surface area contributed by atoms with Crippen LogP contribution in [0.5, 0.6) is 5.75 Å². The van der Waals surface area contributed by atoms with Crippen molar-refractivity contribution in [3.8, 4) is 5.75 Å². The molecule has 0 unspecified atom stereocenters. The molecule has 0 aliphatic carbocycles. The highest BCUT2D eigenvalue weighted by molar-refractivity contribution is 7.99. The van der Waals surface area contributed by atoms with E-state index in [1.807, 2.05) is 11.8 Å². The average Bonchev–Trinajstić information content (AvgIpc) is 2.43. The summed E-state index contributed by atoms with van der Waals surface area (Å²) in [6.45, 7) is 3.66. The normalized spacial score (nSPS) is 16.2. The van der Waals surface area contributed by atoms with Gasteiger partial charge in [0, 0.05) is 43.2 Å². The van der Waals surface area contributed by atoms with E-state index in [1.165, 1.54) is 23.6 Å². The molecule has 0 atom stereocenters. The van der Waals surface area contributed by atoms with E-state index in [2.05, 4.69) is 10.2 Å². The van der Waals surface area contributed by atoms with Crippen LogP contribution in [0.3, 0.4) is 0 Å². The summed E-state index contributed by atoms with van der Waals surface area (Å²) < 4.78 is 0. The third-order valence-corrected chi connectivity index (χ3v) is 4.05. The van der Waals surface area contributed by atoms with Crippen molar-refractivity contribution in [3.05, 3.63) is 23.8 Å². The van der Waals surface area contributed by atoms with Gasteiger partial charge in [0.15, 0.2) is 0 Å². The van der Waals surface area contributed by atoms with Crippen molar-refractivity contribution in [1.82, 2.24) is 10.2 Å². The fourth-order valence-electron chi connectivity index (χ4n) is 1.94. The number of nitrogen functional groups attached to an aromatic ring is 1. The number of hydrogen-bond donors (Lipinski definition) is 3. The lowest BCUT2D eigenvalue weighted by Gasteiger charge is -2.25. The predicted octanol–water partition coefficient (Wildman–Crippen LogP) is 0.753. The lowest BCUT2D eigenvalue weighted by Crippen LogP contribution is -2.39. The number of aromatic hydroxyl groups is 1. The lowest BCUT2D eigenvalue weighted by atomic mass is 10.2. The van der Waals surface area contributed by atoms with Gasteiger partial charge in [-0.05, 0) is 18.2 Å². The monoisotopic (exact) mass is 281 g/mol. The minimum Gasteiger partial charge on any atom is -0.506 e. The molecule has 4 N–H and O–H groups in total. The second-order valence-electron chi connectivity index (χ2n) is 4.48. The summed E-state index contributed by atoms with van der Waals surface area (Å²) in [5.41, 5.74) is 6.21. The number of benzene rings is 1. The number of anilines is 1. The van der Waals surface area contributed by atoms with Crippen LogP contribution < -0.4 is 11.1 Å². The van der Waals surface area contributed by atoms with Crippen molar-refractivity contribution in [3.63, 3.8) is 0 Å². The van der Waals surface area contributed by atoms with E-state index in [4.69, 9.17) is 5.73 Å². The molecule has 0 saturated carbocycles. The molecule has 0 spiro atoms. The van der Waals surface area contributed by atoms with Gasteiger partial charge in [0.25, 0.3) is 5.91 Å². The number of phenolic OH excluding ortho intramolecular Hbond substituents is 1. The number of hydrogen-bond acceptors (Lipinski definition) is 5. The maximum atomic E-state index is 11.9. The molecular weight excluding hydrogens is 262 g/mol. The Labute approximate surface area is 117 Å². The number of carbonyl (C=O) groups is 1. The Balaban J connectivity index is 1.78. The van der Waals surface area contributed by atoms with Crippen molar-refractivity contribution < 1.29 is 9.90 Å². The van der Waals surface area contributed by atoms with Crippen LogP contribution in [0.15, 0.2) is 18.2 Å². The van der Waals surface area contributed by atoms with Gasteiger partial charge in [-0.1, -0.05) is 0 Å². The van der Waals surface area contributed by atoms with Gasteiger partial charge < -0.3 is 16.2 Å². The van der Waals surface area contributed by atoms with E-state index < -0.39 is 0 Å². The second kappa shape index (κ2) is 6.68. The zero-order chi connectivity index (χ0) is 13.7. The van der Waals surface area contributed by atoms with Gasteiger partial charge in [-0.15, -0.1) is 0 Å². The van der Waals surface area contributed by atoms with Crippen LogP contribution in [0, 0.1) is 0 Å². The van der Waals surface area contributed by atoms with Gasteiger partial charge in [0.05, 0.1) is 5.69 Å². The van der Waals surface area contributed by atoms with Crippen molar-refractivity contribution in [2.24, 2.45) is 0 Å². The van der Waals surface area contributed by atoms with Gasteiger partial charge in [0.2, 0.25) is 0 Å². The van der Waals surface area contributed by atoms with E-state index in [-0.39, 0.29) is 17.3 Å². The van der Waals surface area contributed by atoms with Crippen LogP contribution in [0.4, 0.5) is 5.69 Å². The van der Waals surface area contributed by atoms with E-state index >= 15 is 0 Å². The first kappa shape index (κ1) is 14.0. The molecule has 1 aliphatic rings. The lowest BCUT2D eigenvalue weighted by molar-refractivity contribution is 0.0948. The van der Waals surface area contributed by atoms with Crippen LogP contribution in [-0.2, 0) is 0 Å². The number of carbonyl (C=O) groups excluding carboxylic acids is 1. The number of amides is 1. The largest absolute Gasteiger partial charge is 0.506 e. The minimum atomic E-state index is -0.179. The van der Waals surface area contributed by atoms with Crippen molar-refractivity contribution in [1.29, 1.82) is 0 Å². The summed E-state index contributed by atoms with van der Waals surface area (Å²) in [6, 6.07) is 4.54. The number of nitrogens with zero attached hydrogens (tertiary/aromatic N) is 1. The highest BCUT2D eigenvalue weighted by atomic mass is 32.2. The van der Waals surface area contributed by atoms with Crippen LogP contribution in [0.25, 0.3) is 0 Å². The molecule has 5 nitrogen and oxygen atoms in total. The zero-order valence-electron chi connectivity index (χ0n) is 10.8. The predicted molar refractivity (Wildman–Crippen MR) is 78.6 cm³/mol. The summed E-state index contributed by atoms with van der Waals surface area (Å²) in [5, 5.41) is 12.3. The zero-order valence-corrected chi connectivity index (χ0v) is 11.6. The molecule has 1 aromatic carbocycles. The van der Waals surface area contributed by atoms with E-state index in [1.54, 1.807) is 6.07 Å². The Bertz CT molecular complexity index is 448. The van der Waals surface area contributed by atoms with Crippen LogP contribution >= 0.6 is 11.8 Å². The number of nitrogens with one attached hydrogen (secondary N) is 1. The smallest absolute Gasteiger partial charge is 0.251 e.